The normalized spacial score (nSPS) is 10.9. The topological polar surface area (TPSA) is 110 Å². The highest BCUT2D eigenvalue weighted by atomic mass is 79.9. The van der Waals surface area contributed by atoms with Crippen LogP contribution in [0.2, 0.25) is 0 Å². The van der Waals surface area contributed by atoms with E-state index in [1.54, 1.807) is 25.3 Å². The van der Waals surface area contributed by atoms with E-state index >= 15 is 0 Å². The SMILES string of the molecule is CCOc1cc(C=C(C#N)c2nn(-c3ccccc3)c(N)c2C#N)cc(Br)c1OC. The first-order chi connectivity index (χ1) is 14.5. The molecular weight excluding hydrogens is 446 g/mol. The molecule has 0 bridgehead atoms. The Balaban J connectivity index is 2.15. The summed E-state index contributed by atoms with van der Waals surface area (Å²) in [5, 5.41) is 23.9. The van der Waals surface area contributed by atoms with Crippen molar-refractivity contribution >= 4 is 33.4 Å². The van der Waals surface area contributed by atoms with Gasteiger partial charge in [-0.15, -0.1) is 0 Å². The Kier molecular flexibility index (Phi) is 6.41. The third-order valence-electron chi connectivity index (χ3n) is 4.26. The van der Waals surface area contributed by atoms with Gasteiger partial charge in [0, 0.05) is 0 Å². The second-order valence-electron chi connectivity index (χ2n) is 6.10. The molecule has 0 spiro atoms. The van der Waals surface area contributed by atoms with Gasteiger partial charge in [-0.1, -0.05) is 18.2 Å². The Morgan fingerprint density at radius 2 is 2.00 bits per heavy atom. The van der Waals surface area contributed by atoms with E-state index in [0.717, 1.165) is 0 Å². The number of halogens is 1. The quantitative estimate of drug-likeness (QED) is 0.536. The lowest BCUT2D eigenvalue weighted by molar-refractivity contribution is 0.310. The maximum absolute atomic E-state index is 9.79. The van der Waals surface area contributed by atoms with Crippen LogP contribution in [0.1, 0.15) is 23.7 Å². The van der Waals surface area contributed by atoms with Gasteiger partial charge in [-0.05, 0) is 58.8 Å². The monoisotopic (exact) mass is 463 g/mol. The Labute approximate surface area is 182 Å². The highest BCUT2D eigenvalue weighted by molar-refractivity contribution is 9.10. The Morgan fingerprint density at radius 1 is 1.27 bits per heavy atom. The Morgan fingerprint density at radius 3 is 2.60 bits per heavy atom. The number of hydrogen-bond donors (Lipinski definition) is 1. The molecule has 2 aromatic carbocycles. The van der Waals surface area contributed by atoms with Crippen molar-refractivity contribution in [2.45, 2.75) is 6.92 Å². The summed E-state index contributed by atoms with van der Waals surface area (Å²) in [5.41, 5.74) is 8.09. The summed E-state index contributed by atoms with van der Waals surface area (Å²) in [6.07, 6.45) is 1.63. The van der Waals surface area contributed by atoms with Gasteiger partial charge < -0.3 is 15.2 Å². The lowest BCUT2D eigenvalue weighted by atomic mass is 10.1. The number of hydrogen-bond acceptors (Lipinski definition) is 6. The molecule has 1 aromatic heterocycles. The highest BCUT2D eigenvalue weighted by Crippen LogP contribution is 2.38. The summed E-state index contributed by atoms with van der Waals surface area (Å²) in [5.74, 6) is 1.27. The summed E-state index contributed by atoms with van der Waals surface area (Å²) < 4.78 is 13.1. The number of allylic oxidation sites excluding steroid dienone is 1. The number of benzene rings is 2. The molecule has 3 rings (SSSR count). The van der Waals surface area contributed by atoms with Crippen LogP contribution in [-0.2, 0) is 0 Å². The number of anilines is 1. The molecule has 8 heteroatoms. The predicted octanol–water partition coefficient (Wildman–Crippen LogP) is 4.56. The van der Waals surface area contributed by atoms with E-state index in [2.05, 4.69) is 33.2 Å². The second-order valence-corrected chi connectivity index (χ2v) is 6.96. The minimum absolute atomic E-state index is 0.143. The molecule has 0 radical (unpaired) electrons. The molecule has 0 aliphatic heterocycles. The molecule has 0 unspecified atom stereocenters. The van der Waals surface area contributed by atoms with Crippen LogP contribution in [0.3, 0.4) is 0 Å². The largest absolute Gasteiger partial charge is 0.492 e. The average Bonchev–Trinajstić information content (AvgIpc) is 3.09. The van der Waals surface area contributed by atoms with E-state index in [1.165, 1.54) is 4.68 Å². The number of nitriles is 2. The van der Waals surface area contributed by atoms with Gasteiger partial charge in [0.2, 0.25) is 0 Å². The summed E-state index contributed by atoms with van der Waals surface area (Å²) in [6.45, 7) is 2.33. The number of rotatable bonds is 6. The van der Waals surface area contributed by atoms with E-state index in [0.29, 0.717) is 33.8 Å². The smallest absolute Gasteiger partial charge is 0.174 e. The zero-order valence-corrected chi connectivity index (χ0v) is 18.0. The van der Waals surface area contributed by atoms with Crippen LogP contribution in [0.25, 0.3) is 17.3 Å². The molecule has 2 N–H and O–H groups in total. The molecule has 0 fully saturated rings. The van der Waals surface area contributed by atoms with Crippen molar-refractivity contribution in [2.24, 2.45) is 0 Å². The number of nitrogen functional groups attached to an aromatic ring is 1. The van der Waals surface area contributed by atoms with Crippen LogP contribution in [0.15, 0.2) is 46.9 Å². The van der Waals surface area contributed by atoms with Crippen molar-refractivity contribution in [3.8, 4) is 29.3 Å². The molecule has 0 saturated carbocycles. The molecule has 3 aromatic rings. The number of aromatic nitrogens is 2. The van der Waals surface area contributed by atoms with Gasteiger partial charge in [0.1, 0.15) is 29.2 Å². The van der Waals surface area contributed by atoms with Gasteiger partial charge in [-0.25, -0.2) is 4.68 Å². The van der Waals surface area contributed by atoms with Crippen molar-refractivity contribution in [2.75, 3.05) is 19.5 Å². The standard InChI is InChI=1S/C22H18BrN5O2/c1-3-30-19-11-14(10-18(23)21(19)29-2)9-15(12-24)20-17(13-25)22(26)28(27-20)16-7-5-4-6-8-16/h4-11H,3,26H2,1-2H3. The molecule has 30 heavy (non-hydrogen) atoms. The second kappa shape index (κ2) is 9.17. The zero-order valence-electron chi connectivity index (χ0n) is 16.4. The fraction of sp³-hybridized carbons (Fsp3) is 0.136. The lowest BCUT2D eigenvalue weighted by Gasteiger charge is -2.12. The highest BCUT2D eigenvalue weighted by Gasteiger charge is 2.20. The van der Waals surface area contributed by atoms with E-state index in [9.17, 15) is 10.5 Å². The van der Waals surface area contributed by atoms with Crippen LogP contribution >= 0.6 is 15.9 Å². The fourth-order valence-corrected chi connectivity index (χ4v) is 3.57. The van der Waals surface area contributed by atoms with Crippen molar-refractivity contribution in [1.82, 2.24) is 9.78 Å². The number of ether oxygens (including phenoxy) is 2. The lowest BCUT2D eigenvalue weighted by Crippen LogP contribution is -2.02. The number of nitrogens with two attached hydrogens (primary N) is 1. The first-order valence-corrected chi connectivity index (χ1v) is 9.79. The van der Waals surface area contributed by atoms with Crippen LogP contribution in [-0.4, -0.2) is 23.5 Å². The van der Waals surface area contributed by atoms with Crippen molar-refractivity contribution in [3.05, 3.63) is 63.8 Å². The first kappa shape index (κ1) is 21.0. The van der Waals surface area contributed by atoms with Gasteiger partial charge in [0.25, 0.3) is 0 Å². The van der Waals surface area contributed by atoms with Gasteiger partial charge >= 0.3 is 0 Å². The van der Waals surface area contributed by atoms with Crippen LogP contribution in [0.4, 0.5) is 5.82 Å². The summed E-state index contributed by atoms with van der Waals surface area (Å²) >= 11 is 3.46. The fourth-order valence-electron chi connectivity index (χ4n) is 2.95. The third kappa shape index (κ3) is 4.00. The van der Waals surface area contributed by atoms with E-state index in [4.69, 9.17) is 15.2 Å². The predicted molar refractivity (Wildman–Crippen MR) is 118 cm³/mol. The Hall–Kier alpha value is -3.75. The van der Waals surface area contributed by atoms with E-state index < -0.39 is 0 Å². The van der Waals surface area contributed by atoms with Crippen molar-refractivity contribution in [1.29, 1.82) is 10.5 Å². The van der Waals surface area contributed by atoms with Gasteiger partial charge in [0.05, 0.1) is 29.4 Å². The van der Waals surface area contributed by atoms with E-state index in [1.807, 2.05) is 37.3 Å². The molecule has 1 heterocycles. The van der Waals surface area contributed by atoms with Crippen molar-refractivity contribution in [3.63, 3.8) is 0 Å². The molecule has 0 aliphatic carbocycles. The number of methoxy groups -OCH3 is 1. The summed E-state index contributed by atoms with van der Waals surface area (Å²) in [6, 6.07) is 16.9. The number of nitrogens with zero attached hydrogens (tertiary/aromatic N) is 4. The molecule has 7 nitrogen and oxygen atoms in total. The van der Waals surface area contributed by atoms with Crippen molar-refractivity contribution < 1.29 is 9.47 Å². The maximum Gasteiger partial charge on any atom is 0.174 e. The van der Waals surface area contributed by atoms with Gasteiger partial charge in [-0.2, -0.15) is 15.6 Å². The van der Waals surface area contributed by atoms with Gasteiger partial charge in [-0.3, -0.25) is 0 Å². The Bertz CT molecular complexity index is 1190. The molecule has 0 aliphatic rings. The average molecular weight is 464 g/mol. The molecule has 0 saturated heterocycles. The zero-order chi connectivity index (χ0) is 21.7. The molecule has 0 amide bonds. The first-order valence-electron chi connectivity index (χ1n) is 9.00. The minimum Gasteiger partial charge on any atom is -0.492 e. The van der Waals surface area contributed by atoms with E-state index in [-0.39, 0.29) is 22.6 Å². The minimum atomic E-state index is 0.143. The summed E-state index contributed by atoms with van der Waals surface area (Å²) in [7, 11) is 1.55. The van der Waals surface area contributed by atoms with Crippen LogP contribution in [0.5, 0.6) is 11.5 Å². The van der Waals surface area contributed by atoms with Crippen LogP contribution in [0, 0.1) is 22.7 Å². The summed E-state index contributed by atoms with van der Waals surface area (Å²) in [4.78, 5) is 0. The van der Waals surface area contributed by atoms with Gasteiger partial charge in [0.15, 0.2) is 11.5 Å². The molecule has 0 atom stereocenters. The third-order valence-corrected chi connectivity index (χ3v) is 4.85. The maximum atomic E-state index is 9.79. The molecular formula is C22H18BrN5O2. The number of para-hydroxylation sites is 1. The van der Waals surface area contributed by atoms with Crippen LogP contribution < -0.4 is 15.2 Å². The molecule has 150 valence electrons.